The third-order valence-corrected chi connectivity index (χ3v) is 6.04. The second-order valence-corrected chi connectivity index (χ2v) is 7.72. The van der Waals surface area contributed by atoms with Gasteiger partial charge in [-0.05, 0) is 55.8 Å². The van der Waals surface area contributed by atoms with Gasteiger partial charge in [0.2, 0.25) is 0 Å². The summed E-state index contributed by atoms with van der Waals surface area (Å²) in [5.74, 6) is 0.657. The number of rotatable bonds is 7. The number of carboxylic acids is 1. The average Bonchev–Trinajstić information content (AvgIpc) is 2.45. The van der Waals surface area contributed by atoms with Crippen molar-refractivity contribution >= 4 is 5.97 Å². The Balaban J connectivity index is 1.85. The molecule has 2 aliphatic carbocycles. The third kappa shape index (κ3) is 5.15. The highest BCUT2D eigenvalue weighted by molar-refractivity contribution is 5.67. The number of carboxylic acid groups (broad SMARTS) is 1. The minimum atomic E-state index is -1.49. The zero-order valence-electron chi connectivity index (χ0n) is 14.0. The maximum Gasteiger partial charge on any atom is 0.306 e. The summed E-state index contributed by atoms with van der Waals surface area (Å²) in [5, 5.41) is 29.0. The zero-order valence-corrected chi connectivity index (χ0v) is 14.0. The summed E-state index contributed by atoms with van der Waals surface area (Å²) in [5.41, 5.74) is 0. The Hall–Kier alpha value is -0.680. The molecule has 0 radical (unpaired) electrons. The van der Waals surface area contributed by atoms with E-state index < -0.39 is 24.7 Å². The van der Waals surface area contributed by atoms with E-state index in [1.165, 1.54) is 19.3 Å². The van der Waals surface area contributed by atoms with Crippen LogP contribution in [0.1, 0.15) is 64.7 Å². The molecular formula is C18H31FO4. The van der Waals surface area contributed by atoms with Crippen LogP contribution in [-0.4, -0.2) is 39.7 Å². The summed E-state index contributed by atoms with van der Waals surface area (Å²) in [6.45, 7) is 2.22. The van der Waals surface area contributed by atoms with E-state index in [1.807, 2.05) is 0 Å². The van der Waals surface area contributed by atoms with Crippen LogP contribution >= 0.6 is 0 Å². The molecule has 0 aliphatic heterocycles. The molecule has 0 aromatic rings. The van der Waals surface area contributed by atoms with Crippen molar-refractivity contribution in [1.82, 2.24) is 0 Å². The Morgan fingerprint density at radius 2 is 2.00 bits per heavy atom. The standard InChI is InChI=1S/C18H31FO4/c1-11-5-6-12-3-2-4-16(21)18(12)15(11)8-7-14(20)9-13(19)10-17(22)23/h11-16,18,20-21H,2-10H2,1H3,(H,22,23)/t11-,12?,13-,14+,15-,16-,18?/m0/s1. The molecule has 23 heavy (non-hydrogen) atoms. The lowest BCUT2D eigenvalue weighted by molar-refractivity contribution is -0.138. The molecule has 0 aromatic carbocycles. The van der Waals surface area contributed by atoms with Gasteiger partial charge in [0.05, 0.1) is 18.6 Å². The molecule has 2 rings (SSSR count). The van der Waals surface area contributed by atoms with Crippen LogP contribution in [0, 0.1) is 23.7 Å². The Labute approximate surface area is 138 Å². The first-order valence-corrected chi connectivity index (χ1v) is 9.10. The van der Waals surface area contributed by atoms with Gasteiger partial charge in [-0.3, -0.25) is 4.79 Å². The van der Waals surface area contributed by atoms with Crippen LogP contribution in [0.25, 0.3) is 0 Å². The molecule has 2 aliphatic rings. The van der Waals surface area contributed by atoms with Gasteiger partial charge >= 0.3 is 5.97 Å². The van der Waals surface area contributed by atoms with Crippen molar-refractivity contribution in [3.63, 3.8) is 0 Å². The zero-order chi connectivity index (χ0) is 17.0. The van der Waals surface area contributed by atoms with E-state index in [0.29, 0.717) is 30.1 Å². The molecule has 5 heteroatoms. The maximum atomic E-state index is 13.5. The van der Waals surface area contributed by atoms with Crippen molar-refractivity contribution in [2.24, 2.45) is 23.7 Å². The number of aliphatic hydroxyl groups excluding tert-OH is 2. The highest BCUT2D eigenvalue weighted by Crippen LogP contribution is 2.48. The fourth-order valence-electron chi connectivity index (χ4n) is 4.88. The molecule has 0 bridgehead atoms. The van der Waals surface area contributed by atoms with E-state index in [9.17, 15) is 19.4 Å². The first kappa shape index (κ1) is 18.7. The molecule has 0 heterocycles. The van der Waals surface area contributed by atoms with E-state index in [0.717, 1.165) is 19.3 Å². The molecule has 2 saturated carbocycles. The first-order valence-electron chi connectivity index (χ1n) is 9.10. The number of halogens is 1. The van der Waals surface area contributed by atoms with Crippen molar-refractivity contribution in [3.05, 3.63) is 0 Å². The molecule has 134 valence electrons. The second kappa shape index (κ2) is 8.43. The molecule has 0 aromatic heterocycles. The Bertz CT molecular complexity index is 389. The van der Waals surface area contributed by atoms with Gasteiger partial charge in [-0.2, -0.15) is 0 Å². The summed E-state index contributed by atoms with van der Waals surface area (Å²) in [4.78, 5) is 10.5. The minimum Gasteiger partial charge on any atom is -0.481 e. The summed E-state index contributed by atoms with van der Waals surface area (Å²) < 4.78 is 13.5. The Kier molecular flexibility index (Phi) is 6.84. The van der Waals surface area contributed by atoms with Crippen LogP contribution in [0.3, 0.4) is 0 Å². The number of hydrogen-bond acceptors (Lipinski definition) is 3. The van der Waals surface area contributed by atoms with Crippen LogP contribution in [0.2, 0.25) is 0 Å². The molecule has 3 N–H and O–H groups in total. The van der Waals surface area contributed by atoms with Gasteiger partial charge in [0.15, 0.2) is 0 Å². The fraction of sp³-hybridized carbons (Fsp3) is 0.944. The molecular weight excluding hydrogens is 299 g/mol. The lowest BCUT2D eigenvalue weighted by atomic mass is 9.59. The number of aliphatic carboxylic acids is 1. The monoisotopic (exact) mass is 330 g/mol. The maximum absolute atomic E-state index is 13.5. The van der Waals surface area contributed by atoms with Gasteiger partial charge in [-0.25, -0.2) is 4.39 Å². The number of aliphatic hydroxyl groups is 2. The van der Waals surface area contributed by atoms with Crippen molar-refractivity contribution in [2.75, 3.05) is 0 Å². The first-order chi connectivity index (χ1) is 10.9. The highest BCUT2D eigenvalue weighted by Gasteiger charge is 2.42. The lowest BCUT2D eigenvalue weighted by Crippen LogP contribution is -2.43. The largest absolute Gasteiger partial charge is 0.481 e. The number of carbonyl (C=O) groups is 1. The minimum absolute atomic E-state index is 0.107. The summed E-state index contributed by atoms with van der Waals surface area (Å²) in [7, 11) is 0. The average molecular weight is 330 g/mol. The SMILES string of the molecule is C[C@H]1CCC2CCC[C@H](O)C2[C@H]1CC[C@@H](O)C[C@H](F)CC(=O)O. The van der Waals surface area contributed by atoms with Gasteiger partial charge in [0.25, 0.3) is 0 Å². The summed E-state index contributed by atoms with van der Waals surface area (Å²) >= 11 is 0. The van der Waals surface area contributed by atoms with E-state index in [1.54, 1.807) is 0 Å². The fourth-order valence-corrected chi connectivity index (χ4v) is 4.88. The van der Waals surface area contributed by atoms with E-state index >= 15 is 0 Å². The quantitative estimate of drug-likeness (QED) is 0.670. The molecule has 2 fully saturated rings. The molecule has 0 saturated heterocycles. The van der Waals surface area contributed by atoms with Gasteiger partial charge in [-0.1, -0.05) is 19.8 Å². The van der Waals surface area contributed by atoms with Crippen LogP contribution in [0.4, 0.5) is 4.39 Å². The molecule has 4 nitrogen and oxygen atoms in total. The van der Waals surface area contributed by atoms with E-state index in [2.05, 4.69) is 6.92 Å². The normalized spacial score (nSPS) is 37.0. The van der Waals surface area contributed by atoms with E-state index in [-0.39, 0.29) is 12.5 Å². The predicted octanol–water partition coefficient (Wildman–Crippen LogP) is 3.15. The third-order valence-electron chi connectivity index (χ3n) is 6.04. The van der Waals surface area contributed by atoms with Crippen LogP contribution in [-0.2, 0) is 4.79 Å². The van der Waals surface area contributed by atoms with Crippen molar-refractivity contribution < 1.29 is 24.5 Å². The molecule has 0 spiro atoms. The highest BCUT2D eigenvalue weighted by atomic mass is 19.1. The summed E-state index contributed by atoms with van der Waals surface area (Å²) in [6, 6.07) is 0. The number of hydrogen-bond donors (Lipinski definition) is 3. The van der Waals surface area contributed by atoms with Gasteiger partial charge in [-0.15, -0.1) is 0 Å². The molecule has 0 amide bonds. The lowest BCUT2D eigenvalue weighted by Gasteiger charge is -2.47. The topological polar surface area (TPSA) is 77.8 Å². The predicted molar refractivity (Wildman–Crippen MR) is 85.7 cm³/mol. The Morgan fingerprint density at radius 1 is 1.26 bits per heavy atom. The van der Waals surface area contributed by atoms with Crippen LogP contribution < -0.4 is 0 Å². The van der Waals surface area contributed by atoms with Gasteiger partial charge < -0.3 is 15.3 Å². The molecule has 7 atom stereocenters. The van der Waals surface area contributed by atoms with Crippen molar-refractivity contribution in [2.45, 2.75) is 83.1 Å². The number of fused-ring (bicyclic) bond motifs is 1. The second-order valence-electron chi connectivity index (χ2n) is 7.72. The summed E-state index contributed by atoms with van der Waals surface area (Å²) in [6.07, 6.45) is 3.64. The molecule has 2 unspecified atom stereocenters. The Morgan fingerprint density at radius 3 is 2.70 bits per heavy atom. The van der Waals surface area contributed by atoms with Crippen LogP contribution in [0.5, 0.6) is 0 Å². The van der Waals surface area contributed by atoms with Crippen LogP contribution in [0.15, 0.2) is 0 Å². The van der Waals surface area contributed by atoms with Gasteiger partial charge in [0, 0.05) is 6.42 Å². The van der Waals surface area contributed by atoms with E-state index in [4.69, 9.17) is 5.11 Å². The van der Waals surface area contributed by atoms with Crippen molar-refractivity contribution in [3.8, 4) is 0 Å². The van der Waals surface area contributed by atoms with Crippen molar-refractivity contribution in [1.29, 1.82) is 0 Å². The smallest absolute Gasteiger partial charge is 0.306 e. The van der Waals surface area contributed by atoms with Gasteiger partial charge in [0.1, 0.15) is 6.17 Å². The number of alkyl halides is 1.